The molecule has 0 N–H and O–H groups in total. The number of halogens is 1. The number of para-hydroxylation sites is 1. The third kappa shape index (κ3) is 3.23. The van der Waals surface area contributed by atoms with Gasteiger partial charge in [-0.15, -0.1) is 0 Å². The number of hydrogen-bond acceptors (Lipinski definition) is 3. The largest absolute Gasteiger partial charge is 0.307 e. The fourth-order valence-electron chi connectivity index (χ4n) is 3.23. The molecule has 1 amide bonds. The Morgan fingerprint density at radius 3 is 2.81 bits per heavy atom. The normalized spacial score (nSPS) is 14.8. The predicted molar refractivity (Wildman–Crippen MR) is 103 cm³/mol. The lowest BCUT2D eigenvalue weighted by atomic mass is 10.1. The van der Waals surface area contributed by atoms with E-state index in [4.69, 9.17) is 11.6 Å². The first-order chi connectivity index (χ1) is 12.6. The summed E-state index contributed by atoms with van der Waals surface area (Å²) in [5, 5.41) is 4.97. The van der Waals surface area contributed by atoms with Crippen LogP contribution in [0.3, 0.4) is 0 Å². The first-order valence-electron chi connectivity index (χ1n) is 8.51. The molecule has 0 fully saturated rings. The highest BCUT2D eigenvalue weighted by molar-refractivity contribution is 6.30. The van der Waals surface area contributed by atoms with Gasteiger partial charge in [0.25, 0.3) is 5.91 Å². The molecule has 3 aromatic rings. The van der Waals surface area contributed by atoms with E-state index in [1.54, 1.807) is 17.1 Å². The minimum absolute atomic E-state index is 0.0407. The van der Waals surface area contributed by atoms with Crippen LogP contribution in [0.4, 0.5) is 5.69 Å². The molecule has 0 saturated carbocycles. The maximum Gasteiger partial charge on any atom is 0.261 e. The molecule has 0 bridgehead atoms. The van der Waals surface area contributed by atoms with E-state index in [1.165, 1.54) is 0 Å². The molecule has 0 spiro atoms. The molecule has 6 heteroatoms. The summed E-state index contributed by atoms with van der Waals surface area (Å²) in [5.74, 6) is -0.0407. The average molecular weight is 367 g/mol. The van der Waals surface area contributed by atoms with Crippen LogP contribution in [0.15, 0.2) is 60.9 Å². The van der Waals surface area contributed by atoms with Crippen LogP contribution in [0.5, 0.6) is 0 Å². The van der Waals surface area contributed by atoms with Gasteiger partial charge in [-0.05, 0) is 36.9 Å². The standard InChI is InChI=1S/C20H19ClN4O/c1-23-9-10-24(19-8-3-2-5-15(19)13-23)20(26)16-12-22-25(14-16)18-7-4-6-17(21)11-18/h2-8,11-12,14H,9-10,13H2,1H3. The molecular formula is C20H19ClN4O. The number of fused-ring (bicyclic) bond motifs is 1. The summed E-state index contributed by atoms with van der Waals surface area (Å²) in [6.07, 6.45) is 3.37. The van der Waals surface area contributed by atoms with Crippen molar-refractivity contribution in [3.8, 4) is 5.69 Å². The fourth-order valence-corrected chi connectivity index (χ4v) is 3.41. The molecule has 0 aliphatic carbocycles. The van der Waals surface area contributed by atoms with E-state index in [0.717, 1.165) is 30.0 Å². The van der Waals surface area contributed by atoms with Crippen molar-refractivity contribution in [2.75, 3.05) is 25.0 Å². The number of aromatic nitrogens is 2. The topological polar surface area (TPSA) is 41.4 Å². The molecule has 1 aliphatic rings. The van der Waals surface area contributed by atoms with Gasteiger partial charge >= 0.3 is 0 Å². The van der Waals surface area contributed by atoms with E-state index in [9.17, 15) is 4.79 Å². The van der Waals surface area contributed by atoms with E-state index >= 15 is 0 Å². The molecule has 26 heavy (non-hydrogen) atoms. The Hall–Kier alpha value is -2.63. The van der Waals surface area contributed by atoms with E-state index in [0.29, 0.717) is 17.1 Å². The number of amides is 1. The van der Waals surface area contributed by atoms with Gasteiger partial charge in [0.05, 0.1) is 17.4 Å². The van der Waals surface area contributed by atoms with Gasteiger partial charge in [0.1, 0.15) is 0 Å². The van der Waals surface area contributed by atoms with E-state index < -0.39 is 0 Å². The molecule has 0 atom stereocenters. The molecule has 5 nitrogen and oxygen atoms in total. The molecule has 132 valence electrons. The van der Waals surface area contributed by atoms with Gasteiger partial charge in [-0.25, -0.2) is 4.68 Å². The van der Waals surface area contributed by atoms with Gasteiger partial charge in [-0.1, -0.05) is 35.9 Å². The second-order valence-corrected chi connectivity index (χ2v) is 6.91. The number of anilines is 1. The SMILES string of the molecule is CN1CCN(C(=O)c2cnn(-c3cccc(Cl)c3)c2)c2ccccc2C1. The second kappa shape index (κ2) is 6.94. The molecule has 0 saturated heterocycles. The van der Waals surface area contributed by atoms with Gasteiger partial charge in [0.15, 0.2) is 0 Å². The monoisotopic (exact) mass is 366 g/mol. The highest BCUT2D eigenvalue weighted by Crippen LogP contribution is 2.26. The minimum atomic E-state index is -0.0407. The lowest BCUT2D eigenvalue weighted by Gasteiger charge is -2.22. The molecule has 1 aliphatic heterocycles. The zero-order valence-electron chi connectivity index (χ0n) is 14.5. The summed E-state index contributed by atoms with van der Waals surface area (Å²) < 4.78 is 1.68. The predicted octanol–water partition coefficient (Wildman–Crippen LogP) is 3.62. The molecule has 4 rings (SSSR count). The quantitative estimate of drug-likeness (QED) is 0.695. The third-order valence-electron chi connectivity index (χ3n) is 4.58. The van der Waals surface area contributed by atoms with Crippen molar-refractivity contribution < 1.29 is 4.79 Å². The van der Waals surface area contributed by atoms with E-state index in [2.05, 4.69) is 23.1 Å². The summed E-state index contributed by atoms with van der Waals surface area (Å²) in [5.41, 5.74) is 3.51. The summed E-state index contributed by atoms with van der Waals surface area (Å²) in [7, 11) is 2.07. The Bertz CT molecular complexity index is 952. The van der Waals surface area contributed by atoms with Crippen molar-refractivity contribution in [2.24, 2.45) is 0 Å². The number of carbonyl (C=O) groups excluding carboxylic acids is 1. The van der Waals surface area contributed by atoms with Crippen LogP contribution in [0.2, 0.25) is 5.02 Å². The average Bonchev–Trinajstić information content (AvgIpc) is 3.06. The molecule has 2 aromatic carbocycles. The van der Waals surface area contributed by atoms with Crippen molar-refractivity contribution in [2.45, 2.75) is 6.54 Å². The Kier molecular flexibility index (Phi) is 4.49. The number of nitrogens with zero attached hydrogens (tertiary/aromatic N) is 4. The fraction of sp³-hybridized carbons (Fsp3) is 0.200. The molecule has 1 aromatic heterocycles. The van der Waals surface area contributed by atoms with Gasteiger partial charge in [-0.3, -0.25) is 4.79 Å². The van der Waals surface area contributed by atoms with Crippen LogP contribution in [0.1, 0.15) is 15.9 Å². The van der Waals surface area contributed by atoms with Crippen LogP contribution in [-0.2, 0) is 6.54 Å². The Labute approximate surface area is 157 Å². The van der Waals surface area contributed by atoms with Crippen LogP contribution in [-0.4, -0.2) is 40.7 Å². The van der Waals surface area contributed by atoms with E-state index in [-0.39, 0.29) is 5.91 Å². The van der Waals surface area contributed by atoms with Gasteiger partial charge in [-0.2, -0.15) is 5.10 Å². The third-order valence-corrected chi connectivity index (χ3v) is 4.81. The lowest BCUT2D eigenvalue weighted by Crippen LogP contribution is -2.35. The zero-order chi connectivity index (χ0) is 18.1. The van der Waals surface area contributed by atoms with Crippen molar-refractivity contribution in [1.82, 2.24) is 14.7 Å². The summed E-state index contributed by atoms with van der Waals surface area (Å²) in [6.45, 7) is 2.30. The maximum atomic E-state index is 13.2. The van der Waals surface area contributed by atoms with Gasteiger partial charge in [0, 0.05) is 36.5 Å². The number of likely N-dealkylation sites (N-methyl/N-ethyl adjacent to an activating group) is 1. The number of carbonyl (C=O) groups is 1. The Morgan fingerprint density at radius 2 is 1.96 bits per heavy atom. The van der Waals surface area contributed by atoms with Crippen molar-refractivity contribution in [3.63, 3.8) is 0 Å². The van der Waals surface area contributed by atoms with E-state index in [1.807, 2.05) is 47.4 Å². The van der Waals surface area contributed by atoms with Gasteiger partial charge < -0.3 is 9.80 Å². The summed E-state index contributed by atoms with van der Waals surface area (Å²) >= 11 is 6.05. The van der Waals surface area contributed by atoms with Gasteiger partial charge in [0.2, 0.25) is 0 Å². The number of rotatable bonds is 2. The first-order valence-corrected chi connectivity index (χ1v) is 8.88. The van der Waals surface area contributed by atoms with Crippen molar-refractivity contribution in [3.05, 3.63) is 77.1 Å². The molecule has 0 unspecified atom stereocenters. The molecule has 2 heterocycles. The van der Waals surface area contributed by atoms with Crippen LogP contribution in [0, 0.1) is 0 Å². The second-order valence-electron chi connectivity index (χ2n) is 6.48. The number of hydrogen-bond donors (Lipinski definition) is 0. The number of benzene rings is 2. The smallest absolute Gasteiger partial charge is 0.261 e. The van der Waals surface area contributed by atoms with Crippen LogP contribution in [0.25, 0.3) is 5.69 Å². The minimum Gasteiger partial charge on any atom is -0.307 e. The van der Waals surface area contributed by atoms with Crippen molar-refractivity contribution in [1.29, 1.82) is 0 Å². The first kappa shape index (κ1) is 16.8. The van der Waals surface area contributed by atoms with Crippen LogP contribution >= 0.6 is 11.6 Å². The zero-order valence-corrected chi connectivity index (χ0v) is 15.2. The maximum absolute atomic E-state index is 13.2. The van der Waals surface area contributed by atoms with Crippen LogP contribution < -0.4 is 4.90 Å². The van der Waals surface area contributed by atoms with Crippen molar-refractivity contribution >= 4 is 23.2 Å². The summed E-state index contributed by atoms with van der Waals surface area (Å²) in [6, 6.07) is 15.5. The highest BCUT2D eigenvalue weighted by Gasteiger charge is 2.24. The highest BCUT2D eigenvalue weighted by atomic mass is 35.5. The molecular weight excluding hydrogens is 348 g/mol. The lowest BCUT2D eigenvalue weighted by molar-refractivity contribution is 0.0986. The molecule has 0 radical (unpaired) electrons. The Balaban J connectivity index is 1.66. The summed E-state index contributed by atoms with van der Waals surface area (Å²) in [4.78, 5) is 17.2. The Morgan fingerprint density at radius 1 is 1.12 bits per heavy atom.